The van der Waals surface area contributed by atoms with E-state index in [2.05, 4.69) is 65.0 Å². The summed E-state index contributed by atoms with van der Waals surface area (Å²) in [5.74, 6) is 0. The highest BCUT2D eigenvalue weighted by atomic mass is 14.2. The summed E-state index contributed by atoms with van der Waals surface area (Å²) < 4.78 is 0. The van der Waals surface area contributed by atoms with E-state index in [1.165, 1.54) is 60.1 Å². The maximum Gasteiger partial charge on any atom is -0.00210 e. The zero-order chi connectivity index (χ0) is 14.9. The van der Waals surface area contributed by atoms with Crippen LogP contribution in [-0.2, 0) is 0 Å². The molecule has 0 saturated heterocycles. The zero-order valence-corrected chi connectivity index (χ0v) is 13.4. The van der Waals surface area contributed by atoms with Crippen LogP contribution in [-0.4, -0.2) is 0 Å². The second kappa shape index (κ2) is 3.98. The van der Waals surface area contributed by atoms with Crippen molar-refractivity contribution in [2.24, 2.45) is 0 Å². The Kier molecular flexibility index (Phi) is 2.39. The molecule has 0 saturated carbocycles. The minimum absolute atomic E-state index is 1.37. The van der Waals surface area contributed by atoms with Crippen molar-refractivity contribution >= 4 is 32.3 Å². The highest BCUT2D eigenvalue weighted by Crippen LogP contribution is 2.41. The van der Waals surface area contributed by atoms with Crippen molar-refractivity contribution in [3.8, 4) is 0 Å². The summed E-state index contributed by atoms with van der Waals surface area (Å²) in [6.07, 6.45) is 0. The van der Waals surface area contributed by atoms with Gasteiger partial charge in [0.05, 0.1) is 0 Å². The molecule has 0 aliphatic carbocycles. The van der Waals surface area contributed by atoms with Crippen molar-refractivity contribution in [1.29, 1.82) is 0 Å². The van der Waals surface area contributed by atoms with Crippen molar-refractivity contribution in [3.63, 3.8) is 0 Å². The van der Waals surface area contributed by atoms with Crippen LogP contribution in [0.2, 0.25) is 0 Å². The summed E-state index contributed by atoms with van der Waals surface area (Å²) in [4.78, 5) is 0. The summed E-state index contributed by atoms with van der Waals surface area (Å²) in [6.45, 7) is 11.2. The Morgan fingerprint density at radius 3 is 2.00 bits per heavy atom. The van der Waals surface area contributed by atoms with Crippen LogP contribution in [0.15, 0.2) is 30.3 Å². The van der Waals surface area contributed by atoms with Gasteiger partial charge in [0.25, 0.3) is 0 Å². The molecule has 0 aliphatic rings. The van der Waals surface area contributed by atoms with Gasteiger partial charge in [-0.2, -0.15) is 0 Å². The molecule has 0 heteroatoms. The molecule has 0 heterocycles. The van der Waals surface area contributed by atoms with Crippen LogP contribution in [0.4, 0.5) is 0 Å². The first-order valence-electron chi connectivity index (χ1n) is 7.64. The van der Waals surface area contributed by atoms with Crippen LogP contribution in [0.25, 0.3) is 32.3 Å². The molecule has 104 valence electrons. The summed E-state index contributed by atoms with van der Waals surface area (Å²) in [5.41, 5.74) is 6.96. The van der Waals surface area contributed by atoms with Crippen molar-refractivity contribution < 1.29 is 0 Å². The van der Waals surface area contributed by atoms with Gasteiger partial charge in [-0.3, -0.25) is 0 Å². The van der Waals surface area contributed by atoms with Crippen LogP contribution in [0.5, 0.6) is 0 Å². The fraction of sp³-hybridized carbons (Fsp3) is 0.238. The number of aryl methyl sites for hydroxylation is 5. The van der Waals surface area contributed by atoms with Crippen LogP contribution in [0.3, 0.4) is 0 Å². The minimum Gasteiger partial charge on any atom is -0.0581 e. The number of hydrogen-bond donors (Lipinski definition) is 0. The normalized spacial score (nSPS) is 12.0. The quantitative estimate of drug-likeness (QED) is 0.338. The Labute approximate surface area is 125 Å². The first-order chi connectivity index (χ1) is 9.99. The van der Waals surface area contributed by atoms with E-state index in [1.807, 2.05) is 0 Å². The summed E-state index contributed by atoms with van der Waals surface area (Å²) in [5, 5.41) is 8.56. The molecule has 4 aromatic rings. The molecular formula is C21H20. The van der Waals surface area contributed by atoms with Gasteiger partial charge in [-0.05, 0) is 94.8 Å². The average molecular weight is 272 g/mol. The zero-order valence-electron chi connectivity index (χ0n) is 13.4. The Morgan fingerprint density at radius 2 is 1.24 bits per heavy atom. The van der Waals surface area contributed by atoms with E-state index in [0.29, 0.717) is 0 Å². The van der Waals surface area contributed by atoms with Gasteiger partial charge in [-0.25, -0.2) is 0 Å². The van der Waals surface area contributed by atoms with E-state index in [1.54, 1.807) is 0 Å². The summed E-state index contributed by atoms with van der Waals surface area (Å²) in [7, 11) is 0. The van der Waals surface area contributed by atoms with E-state index in [4.69, 9.17) is 0 Å². The van der Waals surface area contributed by atoms with E-state index in [9.17, 15) is 0 Å². The van der Waals surface area contributed by atoms with Crippen molar-refractivity contribution in [2.75, 3.05) is 0 Å². The standard InChI is InChI=1S/C21H20/c1-11-6-7-16-8-13(3)17-9-12(2)15(5)18-10-14(4)19(11)20(16)21(17)18/h6-10H,1-5H3. The third-order valence-electron chi connectivity index (χ3n) is 5.14. The minimum atomic E-state index is 1.37. The molecule has 4 rings (SSSR count). The molecule has 0 bridgehead atoms. The molecule has 0 aromatic heterocycles. The fourth-order valence-corrected chi connectivity index (χ4v) is 3.92. The molecule has 21 heavy (non-hydrogen) atoms. The Hall–Kier alpha value is -2.08. The maximum atomic E-state index is 2.39. The second-order valence-electron chi connectivity index (χ2n) is 6.53. The van der Waals surface area contributed by atoms with E-state index < -0.39 is 0 Å². The first kappa shape index (κ1) is 12.6. The van der Waals surface area contributed by atoms with E-state index in [0.717, 1.165) is 0 Å². The predicted molar refractivity (Wildman–Crippen MR) is 93.8 cm³/mol. The molecule has 0 unspecified atom stereocenters. The Morgan fingerprint density at radius 1 is 0.524 bits per heavy atom. The number of hydrogen-bond acceptors (Lipinski definition) is 0. The number of rotatable bonds is 0. The van der Waals surface area contributed by atoms with Gasteiger partial charge in [0.1, 0.15) is 0 Å². The van der Waals surface area contributed by atoms with E-state index in [-0.39, 0.29) is 0 Å². The van der Waals surface area contributed by atoms with Gasteiger partial charge in [-0.1, -0.05) is 30.3 Å². The Balaban J connectivity index is 2.49. The molecule has 4 aromatic carbocycles. The third kappa shape index (κ3) is 1.51. The lowest BCUT2D eigenvalue weighted by Crippen LogP contribution is -1.94. The summed E-state index contributed by atoms with van der Waals surface area (Å²) in [6, 6.07) is 11.6. The molecule has 0 N–H and O–H groups in total. The molecule has 0 nitrogen and oxygen atoms in total. The fourth-order valence-electron chi connectivity index (χ4n) is 3.92. The molecule has 0 radical (unpaired) electrons. The van der Waals surface area contributed by atoms with Gasteiger partial charge < -0.3 is 0 Å². The molecule has 0 spiro atoms. The maximum absolute atomic E-state index is 2.39. The SMILES string of the molecule is Cc1cc2c(C)cc3ccc(C)c4c(C)cc(c1C)c2c34. The van der Waals surface area contributed by atoms with Crippen LogP contribution in [0, 0.1) is 34.6 Å². The molecular weight excluding hydrogens is 252 g/mol. The molecule has 0 aliphatic heterocycles. The highest BCUT2D eigenvalue weighted by molar-refractivity contribution is 6.25. The predicted octanol–water partition coefficient (Wildman–Crippen LogP) is 6.13. The summed E-state index contributed by atoms with van der Waals surface area (Å²) >= 11 is 0. The lowest BCUT2D eigenvalue weighted by atomic mass is 9.85. The third-order valence-corrected chi connectivity index (χ3v) is 5.14. The highest BCUT2D eigenvalue weighted by Gasteiger charge is 2.15. The van der Waals surface area contributed by atoms with E-state index >= 15 is 0 Å². The van der Waals surface area contributed by atoms with Crippen LogP contribution in [0.1, 0.15) is 27.8 Å². The van der Waals surface area contributed by atoms with Crippen molar-refractivity contribution in [1.82, 2.24) is 0 Å². The van der Waals surface area contributed by atoms with Crippen LogP contribution >= 0.6 is 0 Å². The molecule has 0 amide bonds. The average Bonchev–Trinajstić information content (AvgIpc) is 2.44. The lowest BCUT2D eigenvalue weighted by molar-refractivity contribution is 1.38. The van der Waals surface area contributed by atoms with Gasteiger partial charge in [0.15, 0.2) is 0 Å². The van der Waals surface area contributed by atoms with Gasteiger partial charge in [0.2, 0.25) is 0 Å². The smallest absolute Gasteiger partial charge is 0.00210 e. The van der Waals surface area contributed by atoms with Crippen LogP contribution < -0.4 is 0 Å². The molecule has 0 fully saturated rings. The lowest BCUT2D eigenvalue weighted by Gasteiger charge is -2.19. The second-order valence-corrected chi connectivity index (χ2v) is 6.53. The molecule has 0 atom stereocenters. The van der Waals surface area contributed by atoms with Gasteiger partial charge in [0, 0.05) is 0 Å². The monoisotopic (exact) mass is 272 g/mol. The number of benzene rings is 4. The van der Waals surface area contributed by atoms with Gasteiger partial charge in [-0.15, -0.1) is 0 Å². The van der Waals surface area contributed by atoms with Crippen molar-refractivity contribution in [2.45, 2.75) is 34.6 Å². The Bertz CT molecular complexity index is 1020. The largest absolute Gasteiger partial charge is 0.0581 e. The van der Waals surface area contributed by atoms with Crippen molar-refractivity contribution in [3.05, 3.63) is 58.1 Å². The topological polar surface area (TPSA) is 0 Å². The van der Waals surface area contributed by atoms with Gasteiger partial charge >= 0.3 is 0 Å². The first-order valence-corrected chi connectivity index (χ1v) is 7.64.